The van der Waals surface area contributed by atoms with E-state index in [2.05, 4.69) is 0 Å². The van der Waals surface area contributed by atoms with Crippen LogP contribution in [0.15, 0.2) is 23.1 Å². The molecule has 2 atom stereocenters. The molecule has 2 N–H and O–H groups in total. The lowest BCUT2D eigenvalue weighted by Crippen LogP contribution is -2.48. The molecule has 1 aromatic rings. The summed E-state index contributed by atoms with van der Waals surface area (Å²) in [6, 6.07) is 3.35. The molecule has 0 bridgehead atoms. The van der Waals surface area contributed by atoms with Gasteiger partial charge in [0.2, 0.25) is 10.0 Å². The summed E-state index contributed by atoms with van der Waals surface area (Å²) in [4.78, 5) is -0.186. The van der Waals surface area contributed by atoms with Crippen molar-refractivity contribution < 1.29 is 17.5 Å². The number of nitrogens with zero attached hydrogens (tertiary/aromatic N) is 1. The van der Waals surface area contributed by atoms with Crippen LogP contribution in [0.3, 0.4) is 0 Å². The average molecular weight is 288 g/mol. The molecular formula is C12H17FN2O3S. The van der Waals surface area contributed by atoms with Gasteiger partial charge in [0.15, 0.2) is 0 Å². The van der Waals surface area contributed by atoms with Crippen molar-refractivity contribution in [1.29, 1.82) is 0 Å². The zero-order valence-corrected chi connectivity index (χ0v) is 11.7. The highest BCUT2D eigenvalue weighted by Crippen LogP contribution is 2.25. The summed E-state index contributed by atoms with van der Waals surface area (Å²) in [5.41, 5.74) is 5.70. The molecule has 5 nitrogen and oxygen atoms in total. The Hall–Kier alpha value is -1.18. The lowest BCUT2D eigenvalue weighted by atomic mass is 10.3. The molecular weight excluding hydrogens is 271 g/mol. The number of halogens is 1. The van der Waals surface area contributed by atoms with Gasteiger partial charge in [0, 0.05) is 13.1 Å². The molecule has 0 unspecified atom stereocenters. The van der Waals surface area contributed by atoms with Gasteiger partial charge < -0.3 is 10.5 Å². The second-order valence-electron chi connectivity index (χ2n) is 4.76. The van der Waals surface area contributed by atoms with Crippen LogP contribution in [0.2, 0.25) is 0 Å². The number of nitrogens with two attached hydrogens (primary N) is 1. The number of morpholine rings is 1. The van der Waals surface area contributed by atoms with Crippen LogP contribution in [0.25, 0.3) is 0 Å². The summed E-state index contributed by atoms with van der Waals surface area (Å²) in [6.07, 6.45) is -0.401. The minimum absolute atomic E-state index is 0.0493. The van der Waals surface area contributed by atoms with E-state index in [9.17, 15) is 12.8 Å². The van der Waals surface area contributed by atoms with Crippen molar-refractivity contribution in [2.24, 2.45) is 0 Å². The monoisotopic (exact) mass is 288 g/mol. The molecule has 2 rings (SSSR count). The van der Waals surface area contributed by atoms with Crippen LogP contribution in [0.5, 0.6) is 0 Å². The minimum Gasteiger partial charge on any atom is -0.398 e. The quantitative estimate of drug-likeness (QED) is 0.830. The topological polar surface area (TPSA) is 72.6 Å². The molecule has 1 aromatic carbocycles. The van der Waals surface area contributed by atoms with Gasteiger partial charge in [-0.2, -0.15) is 4.31 Å². The van der Waals surface area contributed by atoms with E-state index in [1.807, 2.05) is 0 Å². The van der Waals surface area contributed by atoms with Gasteiger partial charge in [-0.25, -0.2) is 12.8 Å². The van der Waals surface area contributed by atoms with Crippen molar-refractivity contribution in [3.8, 4) is 0 Å². The number of anilines is 1. The first-order valence-corrected chi connectivity index (χ1v) is 7.45. The number of hydrogen-bond donors (Lipinski definition) is 1. The predicted molar refractivity (Wildman–Crippen MR) is 69.6 cm³/mol. The maximum Gasteiger partial charge on any atom is 0.245 e. The first-order chi connectivity index (χ1) is 8.80. The van der Waals surface area contributed by atoms with E-state index >= 15 is 0 Å². The molecule has 19 heavy (non-hydrogen) atoms. The van der Waals surface area contributed by atoms with Gasteiger partial charge in [0.05, 0.1) is 17.9 Å². The van der Waals surface area contributed by atoms with Crippen molar-refractivity contribution in [3.05, 3.63) is 24.0 Å². The van der Waals surface area contributed by atoms with Crippen LogP contribution in [0.4, 0.5) is 10.1 Å². The maximum absolute atomic E-state index is 13.2. The molecule has 1 heterocycles. The molecule has 7 heteroatoms. The molecule has 0 amide bonds. The van der Waals surface area contributed by atoms with Crippen LogP contribution < -0.4 is 5.73 Å². The van der Waals surface area contributed by atoms with E-state index in [-0.39, 0.29) is 35.9 Å². The van der Waals surface area contributed by atoms with Crippen LogP contribution in [-0.2, 0) is 14.8 Å². The normalized spacial score (nSPS) is 25.4. The van der Waals surface area contributed by atoms with E-state index in [1.54, 1.807) is 13.8 Å². The van der Waals surface area contributed by atoms with Crippen LogP contribution in [0.1, 0.15) is 13.8 Å². The Bertz CT molecular complexity index is 566. The summed E-state index contributed by atoms with van der Waals surface area (Å²) < 4.78 is 45.0. The molecule has 1 fully saturated rings. The maximum atomic E-state index is 13.2. The van der Waals surface area contributed by atoms with Gasteiger partial charge in [-0.3, -0.25) is 0 Å². The molecule has 1 aliphatic rings. The van der Waals surface area contributed by atoms with Gasteiger partial charge in [-0.1, -0.05) is 0 Å². The standard InChI is InChI=1S/C12H17FN2O3S/c1-8-6-15(7-9(2)18-8)19(16,17)12-5-10(13)3-4-11(12)14/h3-5,8-9H,6-7,14H2,1-2H3/t8-,9+. The third-order valence-corrected chi connectivity index (χ3v) is 4.87. The number of benzene rings is 1. The Morgan fingerprint density at radius 3 is 2.47 bits per heavy atom. The average Bonchev–Trinajstić information content (AvgIpc) is 2.31. The minimum atomic E-state index is -3.79. The van der Waals surface area contributed by atoms with E-state index < -0.39 is 15.8 Å². The summed E-state index contributed by atoms with van der Waals surface area (Å²) in [5, 5.41) is 0. The number of ether oxygens (including phenoxy) is 1. The zero-order chi connectivity index (χ0) is 14.2. The molecule has 1 aliphatic heterocycles. The second-order valence-corrected chi connectivity index (χ2v) is 6.67. The number of hydrogen-bond acceptors (Lipinski definition) is 4. The fraction of sp³-hybridized carbons (Fsp3) is 0.500. The van der Waals surface area contributed by atoms with Crippen molar-refractivity contribution in [2.45, 2.75) is 31.0 Å². The third kappa shape index (κ3) is 2.88. The Kier molecular flexibility index (Phi) is 3.80. The number of sulfonamides is 1. The predicted octanol–water partition coefficient (Wildman–Crippen LogP) is 1.21. The van der Waals surface area contributed by atoms with Crippen molar-refractivity contribution >= 4 is 15.7 Å². The lowest BCUT2D eigenvalue weighted by molar-refractivity contribution is -0.0440. The molecule has 0 aromatic heterocycles. The van der Waals surface area contributed by atoms with Crippen LogP contribution in [0, 0.1) is 5.82 Å². The zero-order valence-electron chi connectivity index (χ0n) is 10.8. The Labute approximate surface area is 112 Å². The Morgan fingerprint density at radius 1 is 1.32 bits per heavy atom. The van der Waals surface area contributed by atoms with Crippen molar-refractivity contribution in [2.75, 3.05) is 18.8 Å². The molecule has 106 valence electrons. The molecule has 1 saturated heterocycles. The summed E-state index contributed by atoms with van der Waals surface area (Å²) in [5.74, 6) is -0.623. The van der Waals surface area contributed by atoms with E-state index in [0.717, 1.165) is 12.1 Å². The highest BCUT2D eigenvalue weighted by molar-refractivity contribution is 7.89. The van der Waals surface area contributed by atoms with Gasteiger partial charge in [0.25, 0.3) is 0 Å². The van der Waals surface area contributed by atoms with Gasteiger partial charge in [0.1, 0.15) is 10.7 Å². The van der Waals surface area contributed by atoms with Crippen molar-refractivity contribution in [3.63, 3.8) is 0 Å². The highest BCUT2D eigenvalue weighted by Gasteiger charge is 2.33. The Morgan fingerprint density at radius 2 is 1.89 bits per heavy atom. The largest absolute Gasteiger partial charge is 0.398 e. The number of nitrogen functional groups attached to an aromatic ring is 1. The first-order valence-electron chi connectivity index (χ1n) is 6.01. The summed E-state index contributed by atoms with van der Waals surface area (Å²) >= 11 is 0. The highest BCUT2D eigenvalue weighted by atomic mass is 32.2. The van der Waals surface area contributed by atoms with Crippen LogP contribution >= 0.6 is 0 Å². The van der Waals surface area contributed by atoms with E-state index in [1.165, 1.54) is 10.4 Å². The summed E-state index contributed by atoms with van der Waals surface area (Å²) in [7, 11) is -3.79. The first kappa shape index (κ1) is 14.2. The molecule has 0 radical (unpaired) electrons. The van der Waals surface area contributed by atoms with Crippen molar-refractivity contribution in [1.82, 2.24) is 4.31 Å². The molecule has 0 spiro atoms. The fourth-order valence-corrected chi connectivity index (χ4v) is 3.92. The molecule has 0 saturated carbocycles. The SMILES string of the molecule is C[C@@H]1CN(S(=O)(=O)c2cc(F)ccc2N)C[C@H](C)O1. The van der Waals surface area contributed by atoms with E-state index in [0.29, 0.717) is 0 Å². The van der Waals surface area contributed by atoms with Crippen LogP contribution in [-0.4, -0.2) is 38.0 Å². The van der Waals surface area contributed by atoms with Gasteiger partial charge in [-0.15, -0.1) is 0 Å². The fourth-order valence-electron chi connectivity index (χ4n) is 2.20. The smallest absolute Gasteiger partial charge is 0.245 e. The number of rotatable bonds is 2. The van der Waals surface area contributed by atoms with Gasteiger partial charge >= 0.3 is 0 Å². The third-order valence-electron chi connectivity index (χ3n) is 2.98. The van der Waals surface area contributed by atoms with E-state index in [4.69, 9.17) is 10.5 Å². The van der Waals surface area contributed by atoms with Gasteiger partial charge in [-0.05, 0) is 32.0 Å². The summed E-state index contributed by atoms with van der Waals surface area (Å²) in [6.45, 7) is 4.07. The lowest BCUT2D eigenvalue weighted by Gasteiger charge is -2.34. The second kappa shape index (κ2) is 5.07. The Balaban J connectivity index is 2.39. The molecule has 0 aliphatic carbocycles.